The Labute approximate surface area is 307 Å². The second-order valence-electron chi connectivity index (χ2n) is 19.0. The summed E-state index contributed by atoms with van der Waals surface area (Å²) in [6, 6.07) is 5.03. The summed E-state index contributed by atoms with van der Waals surface area (Å²) in [6.07, 6.45) is 13.2. The van der Waals surface area contributed by atoms with Gasteiger partial charge in [-0.1, -0.05) is 58.9 Å². The van der Waals surface area contributed by atoms with Gasteiger partial charge in [0.1, 0.15) is 5.82 Å². The molecule has 1 aromatic carbocycles. The first-order chi connectivity index (χ1) is 23.9. The van der Waals surface area contributed by atoms with Gasteiger partial charge in [-0.05, 0) is 139 Å². The van der Waals surface area contributed by atoms with Crippen LogP contribution in [0.15, 0.2) is 36.4 Å². The molecule has 8 heteroatoms. The predicted molar refractivity (Wildman–Crippen MR) is 203 cm³/mol. The minimum Gasteiger partial charge on any atom is -0.465 e. The zero-order chi connectivity index (χ0) is 36.8. The van der Waals surface area contributed by atoms with Gasteiger partial charge in [0.15, 0.2) is 9.84 Å². The fraction of sp³-hybridized carbons (Fsp3) is 0.744. The van der Waals surface area contributed by atoms with Crippen molar-refractivity contribution in [3.8, 4) is 0 Å². The van der Waals surface area contributed by atoms with Crippen molar-refractivity contribution in [2.24, 2.45) is 51.2 Å². The van der Waals surface area contributed by atoms with Crippen LogP contribution in [0.3, 0.4) is 0 Å². The highest BCUT2D eigenvalue weighted by Gasteiger charge is 2.70. The molecular formula is C43H63FN2O4S. The van der Waals surface area contributed by atoms with Gasteiger partial charge in [-0.25, -0.2) is 17.6 Å². The van der Waals surface area contributed by atoms with Gasteiger partial charge in [-0.3, -0.25) is 0 Å². The average Bonchev–Trinajstić information content (AvgIpc) is 3.45. The Hall–Kier alpha value is -2.03. The van der Waals surface area contributed by atoms with Crippen LogP contribution in [0.25, 0.3) is 5.57 Å². The van der Waals surface area contributed by atoms with E-state index in [1.165, 1.54) is 69.6 Å². The third-order valence-corrected chi connectivity index (χ3v) is 18.3. The lowest BCUT2D eigenvalue weighted by atomic mass is 9.33. The molecule has 282 valence electrons. The number of hydrogen-bond acceptors (Lipinski definition) is 6. The summed E-state index contributed by atoms with van der Waals surface area (Å²) >= 11 is 0. The monoisotopic (exact) mass is 722 g/mol. The third-order valence-electron chi connectivity index (χ3n) is 16.7. The van der Waals surface area contributed by atoms with Gasteiger partial charge >= 0.3 is 5.97 Å². The predicted octanol–water partition coefficient (Wildman–Crippen LogP) is 8.34. The fourth-order valence-corrected chi connectivity index (χ4v) is 15.2. The molecule has 0 radical (unpaired) electrons. The van der Waals surface area contributed by atoms with Crippen LogP contribution in [0.2, 0.25) is 0 Å². The van der Waals surface area contributed by atoms with Crippen molar-refractivity contribution in [3.63, 3.8) is 0 Å². The Morgan fingerprint density at radius 3 is 2.37 bits per heavy atom. The van der Waals surface area contributed by atoms with E-state index in [9.17, 15) is 13.2 Å². The lowest BCUT2D eigenvalue weighted by Gasteiger charge is -2.72. The molecule has 0 unspecified atom stereocenters. The van der Waals surface area contributed by atoms with Crippen molar-refractivity contribution in [1.82, 2.24) is 10.2 Å². The van der Waals surface area contributed by atoms with E-state index >= 15 is 4.39 Å². The highest BCUT2D eigenvalue weighted by Crippen LogP contribution is 2.76. The van der Waals surface area contributed by atoms with Crippen LogP contribution in [-0.2, 0) is 14.6 Å². The van der Waals surface area contributed by atoms with E-state index in [1.54, 1.807) is 12.1 Å². The molecule has 1 aliphatic heterocycles. The summed E-state index contributed by atoms with van der Waals surface area (Å²) in [6.45, 7) is 22.7. The second kappa shape index (κ2) is 12.8. The van der Waals surface area contributed by atoms with Crippen LogP contribution in [0.4, 0.5) is 4.39 Å². The molecule has 1 N–H and O–H groups in total. The number of halogens is 1. The lowest BCUT2D eigenvalue weighted by Crippen LogP contribution is -2.68. The molecule has 0 aromatic heterocycles. The molecule has 51 heavy (non-hydrogen) atoms. The van der Waals surface area contributed by atoms with Crippen LogP contribution < -0.4 is 5.32 Å². The molecule has 0 spiro atoms. The number of allylic oxidation sites excluding steroid dienone is 3. The van der Waals surface area contributed by atoms with E-state index in [0.29, 0.717) is 42.7 Å². The fourth-order valence-electron chi connectivity index (χ4n) is 13.9. The molecule has 6 nitrogen and oxygen atoms in total. The first-order valence-electron chi connectivity index (χ1n) is 19.8. The van der Waals surface area contributed by atoms with Crippen LogP contribution in [-0.4, -0.2) is 69.6 Å². The molecule has 6 aliphatic rings. The minimum absolute atomic E-state index is 0.0128. The number of nitrogens with zero attached hydrogens (tertiary/aromatic N) is 1. The van der Waals surface area contributed by atoms with Gasteiger partial charge in [0, 0.05) is 31.7 Å². The summed E-state index contributed by atoms with van der Waals surface area (Å²) in [4.78, 5) is 14.5. The maximum atomic E-state index is 15.2. The van der Waals surface area contributed by atoms with Gasteiger partial charge < -0.3 is 15.0 Å². The van der Waals surface area contributed by atoms with Gasteiger partial charge in [-0.15, -0.1) is 0 Å². The van der Waals surface area contributed by atoms with Gasteiger partial charge in [0.25, 0.3) is 0 Å². The normalized spacial score (nSPS) is 41.3. The number of ether oxygens (including phenoxy) is 1. The van der Waals surface area contributed by atoms with Gasteiger partial charge in [0.2, 0.25) is 0 Å². The Morgan fingerprint density at radius 1 is 0.980 bits per heavy atom. The summed E-state index contributed by atoms with van der Waals surface area (Å²) in [5, 5.41) is 4.19. The SMILES string of the molecule is C=C(C)[C@@H]1CC[C@]2(NCCN3CCS(=O)(=O)CC3)CC[C@]3(C)[C@H](CC[C@@H]4[C@@]5(C)CC=C(c6ccc(C(=O)OC)c(F)c6)C(C)(C)[C@@H]5CC[C@]43C)[C@@H]12. The number of sulfone groups is 1. The molecule has 4 saturated carbocycles. The van der Waals surface area contributed by atoms with Crippen molar-refractivity contribution >= 4 is 21.4 Å². The number of rotatable bonds is 7. The number of esters is 1. The zero-order valence-electron chi connectivity index (χ0n) is 32.4. The Bertz CT molecular complexity index is 1710. The largest absolute Gasteiger partial charge is 0.465 e. The smallest absolute Gasteiger partial charge is 0.340 e. The van der Waals surface area contributed by atoms with E-state index in [4.69, 9.17) is 4.74 Å². The van der Waals surface area contributed by atoms with E-state index in [1.807, 2.05) is 6.07 Å². The van der Waals surface area contributed by atoms with E-state index in [0.717, 1.165) is 25.1 Å². The summed E-state index contributed by atoms with van der Waals surface area (Å²) in [7, 11) is -1.58. The van der Waals surface area contributed by atoms with E-state index < -0.39 is 21.6 Å². The molecule has 7 rings (SSSR count). The number of carbonyl (C=O) groups excluding carboxylic acids is 1. The van der Waals surface area contributed by atoms with Crippen molar-refractivity contribution in [2.45, 2.75) is 105 Å². The van der Waals surface area contributed by atoms with E-state index in [-0.39, 0.29) is 44.3 Å². The Kier molecular flexibility index (Phi) is 9.35. The molecule has 1 aromatic rings. The quantitative estimate of drug-likeness (QED) is 0.225. The lowest BCUT2D eigenvalue weighted by molar-refractivity contribution is -0.219. The van der Waals surface area contributed by atoms with Crippen molar-refractivity contribution in [1.29, 1.82) is 0 Å². The van der Waals surface area contributed by atoms with Crippen molar-refractivity contribution in [2.75, 3.05) is 44.8 Å². The Morgan fingerprint density at radius 2 is 1.71 bits per heavy atom. The second-order valence-corrected chi connectivity index (χ2v) is 21.3. The number of fused-ring (bicyclic) bond motifs is 7. The zero-order valence-corrected chi connectivity index (χ0v) is 33.2. The van der Waals surface area contributed by atoms with Crippen LogP contribution >= 0.6 is 0 Å². The molecule has 5 aliphatic carbocycles. The topological polar surface area (TPSA) is 75.7 Å². The van der Waals surface area contributed by atoms with Crippen LogP contribution in [0.1, 0.15) is 115 Å². The molecular weight excluding hydrogens is 660 g/mol. The molecule has 1 heterocycles. The summed E-state index contributed by atoms with van der Waals surface area (Å²) < 4.78 is 44.1. The number of carbonyl (C=O) groups is 1. The molecule has 9 atom stereocenters. The molecule has 0 amide bonds. The highest BCUT2D eigenvalue weighted by atomic mass is 32.2. The highest BCUT2D eigenvalue weighted by molar-refractivity contribution is 7.91. The van der Waals surface area contributed by atoms with Crippen LogP contribution in [0, 0.1) is 57.1 Å². The van der Waals surface area contributed by atoms with E-state index in [2.05, 4.69) is 64.4 Å². The summed E-state index contributed by atoms with van der Waals surface area (Å²) in [5.74, 6) is 2.27. The molecule has 0 bridgehead atoms. The first-order valence-corrected chi connectivity index (χ1v) is 21.7. The number of methoxy groups -OCH3 is 1. The minimum atomic E-state index is -2.87. The molecule has 5 fully saturated rings. The maximum absolute atomic E-state index is 15.2. The van der Waals surface area contributed by atoms with Crippen molar-refractivity contribution < 1.29 is 22.3 Å². The van der Waals surface area contributed by atoms with Gasteiger partial charge in [0.05, 0.1) is 24.2 Å². The average molecular weight is 723 g/mol. The van der Waals surface area contributed by atoms with Gasteiger partial charge in [-0.2, -0.15) is 0 Å². The summed E-state index contributed by atoms with van der Waals surface area (Å²) in [5.41, 5.74) is 4.03. The number of benzene rings is 1. The van der Waals surface area contributed by atoms with Crippen molar-refractivity contribution in [3.05, 3.63) is 53.4 Å². The van der Waals surface area contributed by atoms with Crippen LogP contribution in [0.5, 0.6) is 0 Å². The Balaban J connectivity index is 1.15. The number of nitrogens with one attached hydrogen (secondary N) is 1. The maximum Gasteiger partial charge on any atom is 0.340 e. The standard InChI is InChI=1S/C43H63FN2O4S/c1-28(2)30-13-18-43(45-21-22-46-23-25-51(48,49)26-24-46)20-19-41(6)33(37(30)43)11-12-36-40(5)16-14-32(39(3,4)35(40)15-17-42(36,41)7)29-9-10-31(34(44)27-29)38(47)50-8/h9-10,14,27,30,33,35-37,45H,1,11-13,15-26H2,2-8H3/t30-,33+,35-,36+,37+,40-,41+,42+,43-/m0/s1. The molecule has 1 saturated heterocycles. The first kappa shape index (κ1) is 37.3. The number of hydrogen-bond donors (Lipinski definition) is 1. The third kappa shape index (κ3) is 5.73.